The Balaban J connectivity index is 2.81. The third-order valence-electron chi connectivity index (χ3n) is 2.58. The van der Waals surface area contributed by atoms with Gasteiger partial charge in [-0.05, 0) is 25.8 Å². The van der Waals surface area contributed by atoms with Crippen LogP contribution in [-0.4, -0.2) is 7.11 Å². The van der Waals surface area contributed by atoms with Crippen LogP contribution in [0.4, 0.5) is 0 Å². The summed E-state index contributed by atoms with van der Waals surface area (Å²) in [5, 5.41) is 0. The summed E-state index contributed by atoms with van der Waals surface area (Å²) in [6.07, 6.45) is 1.87. The first kappa shape index (κ1) is 12.7. The van der Waals surface area contributed by atoms with E-state index in [2.05, 4.69) is 12.0 Å². The lowest BCUT2D eigenvalue weighted by molar-refractivity contribution is 0.396. The predicted octanol–water partition coefficient (Wildman–Crippen LogP) is 2.56. The minimum absolute atomic E-state index is 0.104. The van der Waals surface area contributed by atoms with Gasteiger partial charge in [0.1, 0.15) is 5.75 Å². The molecule has 0 saturated heterocycles. The summed E-state index contributed by atoms with van der Waals surface area (Å²) in [6, 6.07) is 8.02. The molecule has 0 aliphatic carbocycles. The van der Waals surface area contributed by atoms with E-state index in [0.717, 1.165) is 29.7 Å². The Labute approximate surface area is 97.3 Å². The van der Waals surface area contributed by atoms with E-state index in [1.54, 1.807) is 7.11 Å². The SMILES string of the molecule is C=C(C)CCC(NN)c1ccccc1OC. The monoisotopic (exact) mass is 220 g/mol. The average molecular weight is 220 g/mol. The molecular formula is C13H20N2O. The Morgan fingerprint density at radius 2 is 2.19 bits per heavy atom. The molecule has 0 saturated carbocycles. The molecule has 1 aromatic rings. The van der Waals surface area contributed by atoms with E-state index in [1.807, 2.05) is 31.2 Å². The second-order valence-corrected chi connectivity index (χ2v) is 3.96. The summed E-state index contributed by atoms with van der Waals surface area (Å²) in [5.74, 6) is 6.45. The lowest BCUT2D eigenvalue weighted by Gasteiger charge is -2.18. The van der Waals surface area contributed by atoms with Crippen molar-refractivity contribution in [1.82, 2.24) is 5.43 Å². The van der Waals surface area contributed by atoms with Crippen LogP contribution in [0, 0.1) is 0 Å². The third-order valence-corrected chi connectivity index (χ3v) is 2.58. The molecule has 3 nitrogen and oxygen atoms in total. The van der Waals surface area contributed by atoms with Gasteiger partial charge in [-0.25, -0.2) is 0 Å². The van der Waals surface area contributed by atoms with E-state index in [0.29, 0.717) is 0 Å². The van der Waals surface area contributed by atoms with Gasteiger partial charge in [-0.2, -0.15) is 0 Å². The number of benzene rings is 1. The molecular weight excluding hydrogens is 200 g/mol. The quantitative estimate of drug-likeness (QED) is 0.440. The molecule has 1 atom stereocenters. The predicted molar refractivity (Wildman–Crippen MR) is 67.1 cm³/mol. The van der Waals surface area contributed by atoms with Gasteiger partial charge in [0.15, 0.2) is 0 Å². The Morgan fingerprint density at radius 1 is 1.50 bits per heavy atom. The Hall–Kier alpha value is -1.32. The largest absolute Gasteiger partial charge is 0.496 e. The summed E-state index contributed by atoms with van der Waals surface area (Å²) in [5.41, 5.74) is 5.08. The van der Waals surface area contributed by atoms with Crippen LogP contribution >= 0.6 is 0 Å². The zero-order chi connectivity index (χ0) is 12.0. The molecule has 0 fully saturated rings. The molecule has 0 radical (unpaired) electrons. The molecule has 0 aliphatic rings. The number of nitrogens with one attached hydrogen (secondary N) is 1. The summed E-state index contributed by atoms with van der Waals surface area (Å²) in [4.78, 5) is 0. The van der Waals surface area contributed by atoms with Crippen LogP contribution in [0.3, 0.4) is 0 Å². The lowest BCUT2D eigenvalue weighted by atomic mass is 10.00. The first-order chi connectivity index (χ1) is 7.69. The number of methoxy groups -OCH3 is 1. The van der Waals surface area contributed by atoms with Gasteiger partial charge in [0.05, 0.1) is 7.11 Å². The van der Waals surface area contributed by atoms with E-state index in [4.69, 9.17) is 10.6 Å². The van der Waals surface area contributed by atoms with E-state index in [9.17, 15) is 0 Å². The van der Waals surface area contributed by atoms with Gasteiger partial charge >= 0.3 is 0 Å². The summed E-state index contributed by atoms with van der Waals surface area (Å²) in [6.45, 7) is 5.92. The third kappa shape index (κ3) is 3.36. The van der Waals surface area contributed by atoms with Gasteiger partial charge < -0.3 is 4.74 Å². The van der Waals surface area contributed by atoms with E-state index >= 15 is 0 Å². The standard InChI is InChI=1S/C13H20N2O/c1-10(2)8-9-12(15-14)11-6-4-5-7-13(11)16-3/h4-7,12,15H,1,8-9,14H2,2-3H3. The van der Waals surface area contributed by atoms with Gasteiger partial charge in [-0.3, -0.25) is 11.3 Å². The summed E-state index contributed by atoms with van der Waals surface area (Å²) >= 11 is 0. The first-order valence-corrected chi connectivity index (χ1v) is 5.42. The molecule has 1 rings (SSSR count). The van der Waals surface area contributed by atoms with Crippen molar-refractivity contribution in [3.8, 4) is 5.75 Å². The van der Waals surface area contributed by atoms with E-state index in [1.165, 1.54) is 0 Å². The first-order valence-electron chi connectivity index (χ1n) is 5.42. The van der Waals surface area contributed by atoms with Crippen molar-refractivity contribution >= 4 is 0 Å². The zero-order valence-corrected chi connectivity index (χ0v) is 9.99. The molecule has 88 valence electrons. The van der Waals surface area contributed by atoms with Crippen LogP contribution in [0.1, 0.15) is 31.4 Å². The maximum atomic E-state index is 5.58. The van der Waals surface area contributed by atoms with Gasteiger partial charge in [0.2, 0.25) is 0 Å². The normalized spacial score (nSPS) is 12.2. The van der Waals surface area contributed by atoms with Crippen molar-refractivity contribution in [3.63, 3.8) is 0 Å². The van der Waals surface area contributed by atoms with Crippen LogP contribution in [-0.2, 0) is 0 Å². The minimum Gasteiger partial charge on any atom is -0.496 e. The topological polar surface area (TPSA) is 47.3 Å². The molecule has 0 bridgehead atoms. The molecule has 0 spiro atoms. The summed E-state index contributed by atoms with van der Waals surface area (Å²) in [7, 11) is 1.67. The van der Waals surface area contributed by atoms with Gasteiger partial charge in [-0.15, -0.1) is 6.58 Å². The highest BCUT2D eigenvalue weighted by molar-refractivity contribution is 5.35. The fourth-order valence-corrected chi connectivity index (χ4v) is 1.67. The van der Waals surface area contributed by atoms with E-state index < -0.39 is 0 Å². The number of hydrogen-bond donors (Lipinski definition) is 2. The number of nitrogens with two attached hydrogens (primary N) is 1. The number of rotatable bonds is 6. The lowest BCUT2D eigenvalue weighted by Crippen LogP contribution is -2.28. The maximum Gasteiger partial charge on any atom is 0.123 e. The molecule has 0 amide bonds. The Kier molecular flexibility index (Phi) is 5.02. The van der Waals surface area contributed by atoms with Crippen molar-refractivity contribution in [2.24, 2.45) is 5.84 Å². The van der Waals surface area contributed by atoms with Gasteiger partial charge in [-0.1, -0.05) is 23.8 Å². The molecule has 1 aromatic carbocycles. The molecule has 16 heavy (non-hydrogen) atoms. The number of allylic oxidation sites excluding steroid dienone is 1. The zero-order valence-electron chi connectivity index (χ0n) is 9.99. The maximum absolute atomic E-state index is 5.58. The highest BCUT2D eigenvalue weighted by Crippen LogP contribution is 2.27. The van der Waals surface area contributed by atoms with Crippen molar-refractivity contribution in [2.75, 3.05) is 7.11 Å². The number of hydrogen-bond acceptors (Lipinski definition) is 3. The highest BCUT2D eigenvalue weighted by Gasteiger charge is 2.13. The number of hydrazine groups is 1. The molecule has 0 aliphatic heterocycles. The van der Waals surface area contributed by atoms with Gasteiger partial charge in [0, 0.05) is 11.6 Å². The fraction of sp³-hybridized carbons (Fsp3) is 0.385. The van der Waals surface area contributed by atoms with Crippen molar-refractivity contribution in [3.05, 3.63) is 42.0 Å². The van der Waals surface area contributed by atoms with Crippen LogP contribution in [0.25, 0.3) is 0 Å². The Bertz CT molecular complexity index is 350. The van der Waals surface area contributed by atoms with E-state index in [-0.39, 0.29) is 6.04 Å². The second kappa shape index (κ2) is 6.30. The van der Waals surface area contributed by atoms with Crippen LogP contribution < -0.4 is 16.0 Å². The average Bonchev–Trinajstić information content (AvgIpc) is 2.30. The molecule has 3 N–H and O–H groups in total. The second-order valence-electron chi connectivity index (χ2n) is 3.96. The molecule has 0 aromatic heterocycles. The van der Waals surface area contributed by atoms with Crippen LogP contribution in [0.2, 0.25) is 0 Å². The van der Waals surface area contributed by atoms with Crippen molar-refractivity contribution in [1.29, 1.82) is 0 Å². The minimum atomic E-state index is 0.104. The molecule has 3 heteroatoms. The summed E-state index contributed by atoms with van der Waals surface area (Å²) < 4.78 is 5.32. The molecule has 0 heterocycles. The molecule has 1 unspecified atom stereocenters. The van der Waals surface area contributed by atoms with Crippen molar-refractivity contribution < 1.29 is 4.74 Å². The fourth-order valence-electron chi connectivity index (χ4n) is 1.67. The van der Waals surface area contributed by atoms with Gasteiger partial charge in [0.25, 0.3) is 0 Å². The van der Waals surface area contributed by atoms with Crippen molar-refractivity contribution in [2.45, 2.75) is 25.8 Å². The number of para-hydroxylation sites is 1. The number of ether oxygens (including phenoxy) is 1. The Morgan fingerprint density at radius 3 is 2.75 bits per heavy atom. The van der Waals surface area contributed by atoms with Crippen LogP contribution in [0.5, 0.6) is 5.75 Å². The van der Waals surface area contributed by atoms with Crippen LogP contribution in [0.15, 0.2) is 36.4 Å². The smallest absolute Gasteiger partial charge is 0.123 e. The highest BCUT2D eigenvalue weighted by atomic mass is 16.5.